The number of nitro benzene ring substituents is 2. The summed E-state index contributed by atoms with van der Waals surface area (Å²) in [6.07, 6.45) is -0.169. The third kappa shape index (κ3) is 1.92. The molecular formula is C19H16N2O8S. The Bertz CT molecular complexity index is 1050. The second kappa shape index (κ2) is 5.71. The molecule has 7 fully saturated rings. The van der Waals surface area contributed by atoms with Crippen molar-refractivity contribution in [1.82, 2.24) is 0 Å². The van der Waals surface area contributed by atoms with Gasteiger partial charge in [0.15, 0.2) is 0 Å². The van der Waals surface area contributed by atoms with E-state index >= 15 is 0 Å². The van der Waals surface area contributed by atoms with Crippen molar-refractivity contribution in [2.45, 2.75) is 16.2 Å². The molecule has 1 heterocycles. The Hall–Kier alpha value is -2.69. The molecule has 11 heteroatoms. The summed E-state index contributed by atoms with van der Waals surface area (Å²) in [4.78, 5) is 46.5. The zero-order chi connectivity index (χ0) is 21.1. The summed E-state index contributed by atoms with van der Waals surface area (Å²) < 4.78 is 10.7. The van der Waals surface area contributed by atoms with Crippen molar-refractivity contribution in [3.63, 3.8) is 0 Å². The fourth-order valence-electron chi connectivity index (χ4n) is 7.38. The van der Waals surface area contributed by atoms with Crippen molar-refractivity contribution >= 4 is 35.1 Å². The first kappa shape index (κ1) is 18.1. The van der Waals surface area contributed by atoms with E-state index in [1.54, 1.807) is 0 Å². The number of methoxy groups -OCH3 is 1. The second-order valence-electron chi connectivity index (χ2n) is 8.69. The molecule has 0 N–H and O–H groups in total. The van der Waals surface area contributed by atoms with Crippen molar-refractivity contribution in [2.75, 3.05) is 7.11 Å². The zero-order valence-electron chi connectivity index (χ0n) is 15.6. The van der Waals surface area contributed by atoms with E-state index in [0.29, 0.717) is 4.90 Å². The number of hydrogen-bond donors (Lipinski definition) is 0. The SMILES string of the molecule is COC(=O)C1C2C(=O)OC3C2C2C4C(Sc5ccc([N+](=O)[O-])cc5[N+](=O)[O-])C2C1C34. The normalized spacial score (nSPS) is 43.3. The Morgan fingerprint density at radius 1 is 1.07 bits per heavy atom. The first-order valence-electron chi connectivity index (χ1n) is 9.73. The number of ether oxygens (including phenoxy) is 2. The summed E-state index contributed by atoms with van der Waals surface area (Å²) in [5, 5.41) is 22.6. The number of non-ortho nitro benzene ring substituents is 1. The smallest absolute Gasteiger partial charge is 0.310 e. The van der Waals surface area contributed by atoms with Crippen LogP contribution in [0, 0.1) is 67.6 Å². The summed E-state index contributed by atoms with van der Waals surface area (Å²) in [5.41, 5.74) is -0.604. The summed E-state index contributed by atoms with van der Waals surface area (Å²) in [6.45, 7) is 0. The van der Waals surface area contributed by atoms with Gasteiger partial charge in [-0.15, -0.1) is 11.8 Å². The molecule has 1 saturated heterocycles. The number of nitrogens with zero attached hydrogens (tertiary/aromatic N) is 2. The molecule has 10 atom stereocenters. The van der Waals surface area contributed by atoms with Crippen LogP contribution in [0.1, 0.15) is 0 Å². The van der Waals surface area contributed by atoms with Crippen LogP contribution >= 0.6 is 11.8 Å². The minimum atomic E-state index is -0.653. The molecule has 10 nitrogen and oxygen atoms in total. The van der Waals surface area contributed by atoms with Crippen molar-refractivity contribution in [3.8, 4) is 0 Å². The molecule has 30 heavy (non-hydrogen) atoms. The van der Waals surface area contributed by atoms with E-state index in [0.717, 1.165) is 6.07 Å². The summed E-state index contributed by atoms with van der Waals surface area (Å²) in [5.74, 6) is -0.877. The van der Waals surface area contributed by atoms with Gasteiger partial charge in [-0.2, -0.15) is 0 Å². The van der Waals surface area contributed by atoms with Gasteiger partial charge in [0.2, 0.25) is 0 Å². The summed E-state index contributed by atoms with van der Waals surface area (Å²) in [6, 6.07) is 3.70. The maximum absolute atomic E-state index is 12.5. The Labute approximate surface area is 173 Å². The van der Waals surface area contributed by atoms with E-state index in [2.05, 4.69) is 0 Å². The molecule has 0 spiro atoms. The Morgan fingerprint density at radius 2 is 1.80 bits per heavy atom. The number of carbonyl (C=O) groups excluding carboxylic acids is 2. The summed E-state index contributed by atoms with van der Waals surface area (Å²) in [7, 11) is 1.32. The summed E-state index contributed by atoms with van der Waals surface area (Å²) >= 11 is 1.36. The number of nitro groups is 2. The van der Waals surface area contributed by atoms with Gasteiger partial charge in [-0.05, 0) is 29.7 Å². The monoisotopic (exact) mass is 432 g/mol. The first-order chi connectivity index (χ1) is 14.3. The fraction of sp³-hybridized carbons (Fsp3) is 0.579. The average Bonchev–Trinajstić information content (AvgIpc) is 3.36. The van der Waals surface area contributed by atoms with Gasteiger partial charge < -0.3 is 9.47 Å². The van der Waals surface area contributed by atoms with Gasteiger partial charge in [-0.3, -0.25) is 29.8 Å². The van der Waals surface area contributed by atoms with E-state index in [1.165, 1.54) is 31.0 Å². The Balaban J connectivity index is 1.34. The standard InChI is InChI=1S/C19H16N2O8S/c1-28-18(22)14-9-10-13-8(11-15(14)19(23)29-16(10)11)12(9)17(13)30-7-3-2-5(20(24)25)4-6(7)21(26)27/h2-4,8-17H,1H3. The molecule has 1 aromatic rings. The van der Waals surface area contributed by atoms with Crippen LogP contribution in [0.2, 0.25) is 0 Å². The van der Waals surface area contributed by atoms with Crippen LogP contribution in [-0.2, 0) is 19.1 Å². The van der Waals surface area contributed by atoms with Gasteiger partial charge in [0.25, 0.3) is 11.4 Å². The average molecular weight is 432 g/mol. The van der Waals surface area contributed by atoms with Gasteiger partial charge >= 0.3 is 11.9 Å². The molecule has 0 aromatic heterocycles. The number of benzene rings is 1. The molecule has 8 rings (SSSR count). The van der Waals surface area contributed by atoms with Crippen molar-refractivity contribution < 1.29 is 28.9 Å². The van der Waals surface area contributed by atoms with Gasteiger partial charge in [0.05, 0.1) is 39.8 Å². The molecule has 8 bridgehead atoms. The van der Waals surface area contributed by atoms with Gasteiger partial charge in [-0.25, -0.2) is 0 Å². The number of hydrogen-bond acceptors (Lipinski definition) is 9. The number of thioether (sulfide) groups is 1. The lowest BCUT2D eigenvalue weighted by Crippen LogP contribution is -2.57. The van der Waals surface area contributed by atoms with Crippen LogP contribution in [0.15, 0.2) is 23.1 Å². The first-order valence-corrected chi connectivity index (χ1v) is 10.6. The molecule has 0 amide bonds. The topological polar surface area (TPSA) is 139 Å². The number of rotatable bonds is 5. The number of carbonyl (C=O) groups is 2. The lowest BCUT2D eigenvalue weighted by atomic mass is 9.52. The van der Waals surface area contributed by atoms with Crippen LogP contribution < -0.4 is 0 Å². The third-order valence-electron chi connectivity index (χ3n) is 8.01. The zero-order valence-corrected chi connectivity index (χ0v) is 16.4. The molecule has 0 radical (unpaired) electrons. The van der Waals surface area contributed by atoms with E-state index in [4.69, 9.17) is 9.47 Å². The van der Waals surface area contributed by atoms with Crippen LogP contribution in [0.25, 0.3) is 0 Å². The molecule has 1 aliphatic heterocycles. The van der Waals surface area contributed by atoms with Crippen LogP contribution in [0.5, 0.6) is 0 Å². The Kier molecular flexibility index (Phi) is 3.45. The molecule has 6 aliphatic carbocycles. The molecular weight excluding hydrogens is 416 g/mol. The predicted octanol–water partition coefficient (Wildman–Crippen LogP) is 2.05. The van der Waals surface area contributed by atoms with Crippen molar-refractivity contribution in [2.24, 2.45) is 47.3 Å². The highest BCUT2D eigenvalue weighted by molar-refractivity contribution is 8.00. The Morgan fingerprint density at radius 3 is 2.47 bits per heavy atom. The largest absolute Gasteiger partial charge is 0.469 e. The molecule has 7 aliphatic rings. The quantitative estimate of drug-likeness (QED) is 0.388. The highest BCUT2D eigenvalue weighted by Crippen LogP contribution is 2.81. The van der Waals surface area contributed by atoms with E-state index in [9.17, 15) is 29.8 Å². The minimum absolute atomic E-state index is 0.0199. The van der Waals surface area contributed by atoms with E-state index in [-0.39, 0.29) is 70.2 Å². The van der Waals surface area contributed by atoms with E-state index in [1.807, 2.05) is 0 Å². The lowest BCUT2D eigenvalue weighted by Gasteiger charge is -2.53. The van der Waals surface area contributed by atoms with Crippen molar-refractivity contribution in [3.05, 3.63) is 38.4 Å². The molecule has 10 unspecified atom stereocenters. The van der Waals surface area contributed by atoms with Crippen LogP contribution in [0.4, 0.5) is 11.4 Å². The van der Waals surface area contributed by atoms with Gasteiger partial charge in [0.1, 0.15) is 6.10 Å². The third-order valence-corrected chi connectivity index (χ3v) is 9.51. The van der Waals surface area contributed by atoms with Gasteiger partial charge in [-0.1, -0.05) is 0 Å². The maximum Gasteiger partial charge on any atom is 0.310 e. The lowest BCUT2D eigenvalue weighted by molar-refractivity contribution is -0.396. The molecule has 6 saturated carbocycles. The van der Waals surface area contributed by atoms with Crippen LogP contribution in [-0.4, -0.2) is 40.2 Å². The second-order valence-corrected chi connectivity index (χ2v) is 9.91. The highest BCUT2D eigenvalue weighted by Gasteiger charge is 2.85. The number of esters is 2. The fourth-order valence-corrected chi connectivity index (χ4v) is 9.11. The van der Waals surface area contributed by atoms with Crippen molar-refractivity contribution in [1.29, 1.82) is 0 Å². The molecule has 1 aromatic carbocycles. The van der Waals surface area contributed by atoms with Crippen LogP contribution in [0.3, 0.4) is 0 Å². The predicted molar refractivity (Wildman–Crippen MR) is 99.2 cm³/mol. The molecule has 156 valence electrons. The highest BCUT2D eigenvalue weighted by atomic mass is 32.2. The minimum Gasteiger partial charge on any atom is -0.469 e. The van der Waals surface area contributed by atoms with E-state index < -0.39 is 21.7 Å². The van der Waals surface area contributed by atoms with Gasteiger partial charge in [0, 0.05) is 23.2 Å². The maximum atomic E-state index is 12.5.